The van der Waals surface area contributed by atoms with Crippen molar-refractivity contribution in [2.45, 2.75) is 25.9 Å². The Bertz CT molecular complexity index is 474. The second-order valence-corrected chi connectivity index (χ2v) is 4.84. The van der Waals surface area contributed by atoms with Crippen LogP contribution in [0.25, 0.3) is 0 Å². The van der Waals surface area contributed by atoms with Gasteiger partial charge in [-0.1, -0.05) is 0 Å². The van der Waals surface area contributed by atoms with Crippen molar-refractivity contribution in [3.8, 4) is 6.07 Å². The second kappa shape index (κ2) is 4.82. The molecule has 1 aromatic rings. The minimum absolute atomic E-state index is 0.185. The Labute approximate surface area is 104 Å². The first-order chi connectivity index (χ1) is 8.17. The standard InChI is InChI=1S/C11H13N3O2S/c1-6-8(5-12)11(17-14-6)13-10(15)9(16-2)7-3-4-7/h7,9H,3-4H2,1-2H3,(H,13,15). The SMILES string of the molecule is COC(C(=O)Nc1snc(C)c1C#N)C1CC1. The molecule has 0 aromatic carbocycles. The highest BCUT2D eigenvalue weighted by atomic mass is 32.1. The lowest BCUT2D eigenvalue weighted by atomic mass is 10.2. The van der Waals surface area contributed by atoms with Crippen molar-refractivity contribution < 1.29 is 9.53 Å². The van der Waals surface area contributed by atoms with E-state index < -0.39 is 6.10 Å². The first-order valence-electron chi connectivity index (χ1n) is 5.37. The van der Waals surface area contributed by atoms with Gasteiger partial charge >= 0.3 is 0 Å². The van der Waals surface area contributed by atoms with Gasteiger partial charge in [-0.3, -0.25) is 4.79 Å². The van der Waals surface area contributed by atoms with Crippen LogP contribution in [0.4, 0.5) is 5.00 Å². The van der Waals surface area contributed by atoms with Crippen LogP contribution < -0.4 is 5.32 Å². The highest BCUT2D eigenvalue weighted by Crippen LogP contribution is 2.35. The quantitative estimate of drug-likeness (QED) is 0.883. The van der Waals surface area contributed by atoms with Crippen LogP contribution in [-0.2, 0) is 9.53 Å². The normalized spacial score (nSPS) is 16.3. The number of nitrogens with zero attached hydrogens (tertiary/aromatic N) is 2. The lowest BCUT2D eigenvalue weighted by Gasteiger charge is -2.13. The summed E-state index contributed by atoms with van der Waals surface area (Å²) in [5.74, 6) is 0.134. The van der Waals surface area contributed by atoms with Crippen molar-refractivity contribution in [2.24, 2.45) is 5.92 Å². The molecule has 90 valence electrons. The molecule has 17 heavy (non-hydrogen) atoms. The van der Waals surface area contributed by atoms with Crippen molar-refractivity contribution in [3.05, 3.63) is 11.3 Å². The Morgan fingerprint density at radius 3 is 2.94 bits per heavy atom. The molecule has 2 rings (SSSR count). The summed E-state index contributed by atoms with van der Waals surface area (Å²) < 4.78 is 9.23. The predicted molar refractivity (Wildman–Crippen MR) is 63.7 cm³/mol. The summed E-state index contributed by atoms with van der Waals surface area (Å²) in [6, 6.07) is 2.04. The number of carbonyl (C=O) groups is 1. The Morgan fingerprint density at radius 1 is 1.71 bits per heavy atom. The molecular formula is C11H13N3O2S. The van der Waals surface area contributed by atoms with Crippen LogP contribution in [0, 0.1) is 24.2 Å². The van der Waals surface area contributed by atoms with Gasteiger partial charge in [0.05, 0.1) is 5.69 Å². The van der Waals surface area contributed by atoms with E-state index in [1.54, 1.807) is 6.92 Å². The molecule has 0 bridgehead atoms. The Hall–Kier alpha value is -1.45. The van der Waals surface area contributed by atoms with Crippen LogP contribution in [0.2, 0.25) is 0 Å². The van der Waals surface area contributed by atoms with E-state index >= 15 is 0 Å². The monoisotopic (exact) mass is 251 g/mol. The van der Waals surface area contributed by atoms with Gasteiger partial charge in [-0.15, -0.1) is 0 Å². The van der Waals surface area contributed by atoms with Crippen molar-refractivity contribution in [2.75, 3.05) is 12.4 Å². The molecule has 5 nitrogen and oxygen atoms in total. The zero-order chi connectivity index (χ0) is 12.4. The molecule has 1 atom stereocenters. The molecule has 0 spiro atoms. The van der Waals surface area contributed by atoms with E-state index in [0.717, 1.165) is 24.4 Å². The van der Waals surface area contributed by atoms with Crippen molar-refractivity contribution in [3.63, 3.8) is 0 Å². The first-order valence-corrected chi connectivity index (χ1v) is 6.14. The van der Waals surface area contributed by atoms with E-state index in [4.69, 9.17) is 10.00 Å². The molecule has 1 N–H and O–H groups in total. The van der Waals surface area contributed by atoms with E-state index in [9.17, 15) is 4.79 Å². The number of anilines is 1. The Balaban J connectivity index is 2.09. The van der Waals surface area contributed by atoms with E-state index in [1.165, 1.54) is 7.11 Å². The Kier molecular flexibility index (Phi) is 3.41. The van der Waals surface area contributed by atoms with Gasteiger partial charge in [0, 0.05) is 7.11 Å². The summed E-state index contributed by atoms with van der Waals surface area (Å²) in [6.45, 7) is 1.75. The van der Waals surface area contributed by atoms with E-state index in [2.05, 4.69) is 9.69 Å². The van der Waals surface area contributed by atoms with Crippen LogP contribution in [0.1, 0.15) is 24.1 Å². The minimum Gasteiger partial charge on any atom is -0.371 e. The maximum Gasteiger partial charge on any atom is 0.254 e. The molecule has 1 aromatic heterocycles. The largest absolute Gasteiger partial charge is 0.371 e. The lowest BCUT2D eigenvalue weighted by Crippen LogP contribution is -2.31. The summed E-state index contributed by atoms with van der Waals surface area (Å²) in [5, 5.41) is 12.2. The molecule has 1 aliphatic rings. The van der Waals surface area contributed by atoms with Crippen LogP contribution >= 0.6 is 11.5 Å². The van der Waals surface area contributed by atoms with Gasteiger partial charge < -0.3 is 10.1 Å². The lowest BCUT2D eigenvalue weighted by molar-refractivity contribution is -0.126. The molecule has 1 saturated carbocycles. The number of nitriles is 1. The van der Waals surface area contributed by atoms with Gasteiger partial charge in [0.2, 0.25) is 0 Å². The zero-order valence-corrected chi connectivity index (χ0v) is 10.5. The van der Waals surface area contributed by atoms with Crippen LogP contribution in [-0.4, -0.2) is 23.5 Å². The van der Waals surface area contributed by atoms with Gasteiger partial charge in [-0.25, -0.2) is 0 Å². The number of carbonyl (C=O) groups excluding carboxylic acids is 1. The molecule has 1 aliphatic carbocycles. The number of ether oxygens (including phenoxy) is 1. The third-order valence-electron chi connectivity index (χ3n) is 2.77. The maximum absolute atomic E-state index is 11.9. The van der Waals surface area contributed by atoms with E-state index in [0.29, 0.717) is 22.2 Å². The fraction of sp³-hybridized carbons (Fsp3) is 0.545. The number of nitrogens with one attached hydrogen (secondary N) is 1. The summed E-state index contributed by atoms with van der Waals surface area (Å²) in [6.07, 6.45) is 1.64. The highest BCUT2D eigenvalue weighted by Gasteiger charge is 2.36. The molecule has 6 heteroatoms. The van der Waals surface area contributed by atoms with Crippen LogP contribution in [0.15, 0.2) is 0 Å². The fourth-order valence-electron chi connectivity index (χ4n) is 1.68. The maximum atomic E-state index is 11.9. The van der Waals surface area contributed by atoms with E-state index in [-0.39, 0.29) is 5.91 Å². The third kappa shape index (κ3) is 2.46. The Morgan fingerprint density at radius 2 is 2.41 bits per heavy atom. The average molecular weight is 251 g/mol. The molecule has 1 unspecified atom stereocenters. The first kappa shape index (κ1) is 12.0. The number of rotatable bonds is 4. The molecule has 1 fully saturated rings. The van der Waals surface area contributed by atoms with Crippen molar-refractivity contribution in [1.29, 1.82) is 5.26 Å². The van der Waals surface area contributed by atoms with Crippen LogP contribution in [0.5, 0.6) is 0 Å². The number of aryl methyl sites for hydroxylation is 1. The second-order valence-electron chi connectivity index (χ2n) is 4.07. The van der Waals surface area contributed by atoms with Gasteiger partial charge in [-0.05, 0) is 37.2 Å². The minimum atomic E-state index is -0.413. The molecular weight excluding hydrogens is 238 g/mol. The summed E-state index contributed by atoms with van der Waals surface area (Å²) in [4.78, 5) is 11.9. The van der Waals surface area contributed by atoms with Crippen molar-refractivity contribution >= 4 is 22.4 Å². The number of methoxy groups -OCH3 is 1. The third-order valence-corrected chi connectivity index (χ3v) is 3.63. The van der Waals surface area contributed by atoms with E-state index in [1.807, 2.05) is 6.07 Å². The van der Waals surface area contributed by atoms with Gasteiger partial charge in [0.25, 0.3) is 5.91 Å². The smallest absolute Gasteiger partial charge is 0.254 e. The summed E-state index contributed by atoms with van der Waals surface area (Å²) in [5.41, 5.74) is 1.09. The summed E-state index contributed by atoms with van der Waals surface area (Å²) >= 11 is 1.13. The number of aromatic nitrogens is 1. The fourth-order valence-corrected chi connectivity index (χ4v) is 2.43. The van der Waals surface area contributed by atoms with Crippen molar-refractivity contribution in [1.82, 2.24) is 4.37 Å². The highest BCUT2D eigenvalue weighted by molar-refractivity contribution is 7.10. The summed E-state index contributed by atoms with van der Waals surface area (Å²) in [7, 11) is 1.53. The topological polar surface area (TPSA) is 75.0 Å². The zero-order valence-electron chi connectivity index (χ0n) is 9.69. The molecule has 0 aliphatic heterocycles. The van der Waals surface area contributed by atoms with Crippen LogP contribution in [0.3, 0.4) is 0 Å². The molecule has 0 radical (unpaired) electrons. The number of amides is 1. The number of hydrogen-bond donors (Lipinski definition) is 1. The predicted octanol–water partition coefficient (Wildman–Crippen LogP) is 1.69. The average Bonchev–Trinajstić information content (AvgIpc) is 3.06. The molecule has 1 amide bonds. The van der Waals surface area contributed by atoms with Gasteiger partial charge in [0.1, 0.15) is 22.7 Å². The molecule has 1 heterocycles. The number of hydrogen-bond acceptors (Lipinski definition) is 5. The molecule has 0 saturated heterocycles. The van der Waals surface area contributed by atoms with Gasteiger partial charge in [0.15, 0.2) is 0 Å². The van der Waals surface area contributed by atoms with Gasteiger partial charge in [-0.2, -0.15) is 9.64 Å².